The number of benzene rings is 2. The largest absolute Gasteiger partial charge is 0.497 e. The van der Waals surface area contributed by atoms with Gasteiger partial charge in [0.25, 0.3) is 0 Å². The van der Waals surface area contributed by atoms with E-state index < -0.39 is 10.0 Å². The van der Waals surface area contributed by atoms with Crippen LogP contribution in [0.25, 0.3) is 0 Å². The monoisotopic (exact) mass is 475 g/mol. The molecule has 178 valence electrons. The summed E-state index contributed by atoms with van der Waals surface area (Å²) < 4.78 is 37.4. The molecule has 1 aliphatic heterocycles. The van der Waals surface area contributed by atoms with E-state index in [1.807, 2.05) is 6.92 Å². The maximum absolute atomic E-state index is 12.8. The number of amides is 2. The topological polar surface area (TPSA) is 105 Å². The second kappa shape index (κ2) is 10.7. The Morgan fingerprint density at radius 2 is 1.48 bits per heavy atom. The molecule has 10 heteroatoms. The molecular weight excluding hydrogens is 446 g/mol. The predicted octanol–water partition coefficient (Wildman–Crippen LogP) is 2.26. The number of piperazine rings is 1. The molecule has 0 radical (unpaired) electrons. The molecular formula is C23H29N3O6S. The lowest BCUT2D eigenvalue weighted by Crippen LogP contribution is -2.50. The lowest BCUT2D eigenvalue weighted by Gasteiger charge is -2.34. The molecule has 0 aromatic heterocycles. The molecule has 2 aromatic carbocycles. The first-order valence-electron chi connectivity index (χ1n) is 10.6. The predicted molar refractivity (Wildman–Crippen MR) is 124 cm³/mol. The van der Waals surface area contributed by atoms with Gasteiger partial charge >= 0.3 is 0 Å². The molecule has 0 bridgehead atoms. The number of rotatable bonds is 8. The van der Waals surface area contributed by atoms with Crippen LogP contribution < -0.4 is 14.8 Å². The molecule has 1 aliphatic rings. The number of hydrogen-bond acceptors (Lipinski definition) is 6. The third-order valence-corrected chi connectivity index (χ3v) is 7.36. The number of nitrogens with one attached hydrogen (secondary N) is 1. The fourth-order valence-electron chi connectivity index (χ4n) is 3.52. The Kier molecular flexibility index (Phi) is 7.93. The first-order chi connectivity index (χ1) is 15.7. The molecule has 1 fully saturated rings. The van der Waals surface area contributed by atoms with Crippen LogP contribution in [-0.2, 0) is 19.6 Å². The van der Waals surface area contributed by atoms with Crippen LogP contribution in [0.5, 0.6) is 11.5 Å². The summed E-state index contributed by atoms with van der Waals surface area (Å²) >= 11 is 0. The van der Waals surface area contributed by atoms with Crippen LogP contribution >= 0.6 is 0 Å². The minimum atomic E-state index is -3.59. The van der Waals surface area contributed by atoms with Gasteiger partial charge in [-0.05, 0) is 19.1 Å². The van der Waals surface area contributed by atoms with E-state index in [0.29, 0.717) is 30.3 Å². The van der Waals surface area contributed by atoms with Crippen molar-refractivity contribution in [3.05, 3.63) is 48.0 Å². The van der Waals surface area contributed by atoms with E-state index in [-0.39, 0.29) is 42.6 Å². The number of carbonyl (C=O) groups is 2. The van der Waals surface area contributed by atoms with E-state index in [1.54, 1.807) is 47.4 Å². The zero-order valence-corrected chi connectivity index (χ0v) is 19.9. The number of methoxy groups -OCH3 is 2. The van der Waals surface area contributed by atoms with Gasteiger partial charge in [-0.15, -0.1) is 0 Å². The van der Waals surface area contributed by atoms with Crippen LogP contribution in [0.1, 0.15) is 18.4 Å². The zero-order valence-electron chi connectivity index (χ0n) is 19.0. The van der Waals surface area contributed by atoms with Crippen molar-refractivity contribution in [2.24, 2.45) is 0 Å². The number of sulfonamides is 1. The summed E-state index contributed by atoms with van der Waals surface area (Å²) in [6.45, 7) is 2.92. The van der Waals surface area contributed by atoms with Crippen molar-refractivity contribution in [3.63, 3.8) is 0 Å². The Hall–Kier alpha value is -3.11. The van der Waals surface area contributed by atoms with Crippen LogP contribution in [0.15, 0.2) is 47.4 Å². The van der Waals surface area contributed by atoms with Crippen molar-refractivity contribution in [1.29, 1.82) is 0 Å². The summed E-state index contributed by atoms with van der Waals surface area (Å²) in [4.78, 5) is 26.7. The molecule has 1 heterocycles. The lowest BCUT2D eigenvalue weighted by atomic mass is 10.2. The summed E-state index contributed by atoms with van der Waals surface area (Å²) in [5, 5.41) is 2.74. The van der Waals surface area contributed by atoms with E-state index in [1.165, 1.54) is 18.5 Å². The van der Waals surface area contributed by atoms with Crippen LogP contribution in [0.3, 0.4) is 0 Å². The quantitative estimate of drug-likeness (QED) is 0.628. The zero-order chi connectivity index (χ0) is 24.0. The standard InChI is InChI=1S/C23H29N3O6S/c1-17-4-6-21(7-5-17)33(29,30)26-12-10-25(11-13-26)23(28)9-8-22(27)24-18-14-19(31-2)16-20(15-18)32-3/h4-7,14-16H,8-13H2,1-3H3,(H,24,27). The highest BCUT2D eigenvalue weighted by molar-refractivity contribution is 7.89. The minimum absolute atomic E-state index is 0.0141. The Bertz CT molecular complexity index is 1070. The van der Waals surface area contributed by atoms with E-state index in [4.69, 9.17) is 9.47 Å². The Balaban J connectivity index is 1.49. The molecule has 0 saturated carbocycles. The van der Waals surface area contributed by atoms with Gasteiger partial charge in [-0.2, -0.15) is 4.31 Å². The van der Waals surface area contributed by atoms with Gasteiger partial charge in [0.1, 0.15) is 11.5 Å². The number of carbonyl (C=O) groups excluding carboxylic acids is 2. The minimum Gasteiger partial charge on any atom is -0.497 e. The van der Waals surface area contributed by atoms with Crippen molar-refractivity contribution >= 4 is 27.5 Å². The van der Waals surface area contributed by atoms with Gasteiger partial charge in [-0.1, -0.05) is 17.7 Å². The van der Waals surface area contributed by atoms with Gasteiger partial charge in [0.15, 0.2) is 0 Å². The summed E-state index contributed by atoms with van der Waals surface area (Å²) in [5.41, 5.74) is 1.50. The van der Waals surface area contributed by atoms with Crippen molar-refractivity contribution in [3.8, 4) is 11.5 Å². The van der Waals surface area contributed by atoms with E-state index in [9.17, 15) is 18.0 Å². The third-order valence-electron chi connectivity index (χ3n) is 5.45. The number of hydrogen-bond donors (Lipinski definition) is 1. The van der Waals surface area contributed by atoms with Crippen LogP contribution in [-0.4, -0.2) is 69.8 Å². The summed E-state index contributed by atoms with van der Waals surface area (Å²) in [7, 11) is -0.552. The summed E-state index contributed by atoms with van der Waals surface area (Å²) in [5.74, 6) is 0.596. The summed E-state index contributed by atoms with van der Waals surface area (Å²) in [6.07, 6.45) is 0.0535. The van der Waals surface area contributed by atoms with Crippen molar-refractivity contribution < 1.29 is 27.5 Å². The van der Waals surface area contributed by atoms with E-state index >= 15 is 0 Å². The average molecular weight is 476 g/mol. The second-order valence-electron chi connectivity index (χ2n) is 7.75. The maximum Gasteiger partial charge on any atom is 0.243 e. The van der Waals surface area contributed by atoms with Gasteiger partial charge in [0.2, 0.25) is 21.8 Å². The number of aryl methyl sites for hydroxylation is 1. The fraction of sp³-hybridized carbons (Fsp3) is 0.391. The molecule has 2 aromatic rings. The highest BCUT2D eigenvalue weighted by atomic mass is 32.2. The molecule has 1 N–H and O–H groups in total. The van der Waals surface area contributed by atoms with Crippen LogP contribution in [0, 0.1) is 6.92 Å². The Morgan fingerprint density at radius 1 is 0.909 bits per heavy atom. The first-order valence-corrected chi connectivity index (χ1v) is 12.0. The smallest absolute Gasteiger partial charge is 0.243 e. The van der Waals surface area contributed by atoms with Gasteiger partial charge in [0, 0.05) is 62.9 Å². The third kappa shape index (κ3) is 6.23. The SMILES string of the molecule is COc1cc(NC(=O)CCC(=O)N2CCN(S(=O)(=O)c3ccc(C)cc3)CC2)cc(OC)c1. The molecule has 2 amide bonds. The van der Waals surface area contributed by atoms with Crippen molar-refractivity contribution in [2.45, 2.75) is 24.7 Å². The maximum atomic E-state index is 12.8. The van der Waals surface area contributed by atoms with E-state index in [0.717, 1.165) is 5.56 Å². The average Bonchev–Trinajstić information content (AvgIpc) is 2.82. The number of anilines is 1. The van der Waals surface area contributed by atoms with Crippen molar-refractivity contribution in [1.82, 2.24) is 9.21 Å². The van der Waals surface area contributed by atoms with Crippen molar-refractivity contribution in [2.75, 3.05) is 45.7 Å². The second-order valence-corrected chi connectivity index (χ2v) is 9.69. The lowest BCUT2D eigenvalue weighted by molar-refractivity contribution is -0.133. The van der Waals surface area contributed by atoms with Crippen LogP contribution in [0.2, 0.25) is 0 Å². The van der Waals surface area contributed by atoms with Crippen LogP contribution in [0.4, 0.5) is 5.69 Å². The highest BCUT2D eigenvalue weighted by Gasteiger charge is 2.30. The molecule has 0 unspecified atom stereocenters. The fourth-order valence-corrected chi connectivity index (χ4v) is 4.94. The molecule has 0 spiro atoms. The van der Waals surface area contributed by atoms with E-state index in [2.05, 4.69) is 5.32 Å². The Morgan fingerprint density at radius 3 is 2.03 bits per heavy atom. The summed E-state index contributed by atoms with van der Waals surface area (Å²) in [6, 6.07) is 11.7. The first kappa shape index (κ1) is 24.5. The van der Waals surface area contributed by atoms with Gasteiger partial charge < -0.3 is 19.7 Å². The highest BCUT2D eigenvalue weighted by Crippen LogP contribution is 2.26. The normalized spacial score (nSPS) is 14.6. The molecule has 1 saturated heterocycles. The van der Waals surface area contributed by atoms with Gasteiger partial charge in [-0.25, -0.2) is 8.42 Å². The molecule has 9 nitrogen and oxygen atoms in total. The molecule has 0 atom stereocenters. The van der Waals surface area contributed by atoms with Gasteiger partial charge in [-0.3, -0.25) is 9.59 Å². The molecule has 3 rings (SSSR count). The van der Waals surface area contributed by atoms with Gasteiger partial charge in [0.05, 0.1) is 19.1 Å². The Labute approximate surface area is 194 Å². The number of ether oxygens (including phenoxy) is 2. The molecule has 33 heavy (non-hydrogen) atoms. The molecule has 0 aliphatic carbocycles. The number of nitrogens with zero attached hydrogens (tertiary/aromatic N) is 2.